The van der Waals surface area contributed by atoms with Crippen molar-refractivity contribution in [3.05, 3.63) is 41.9 Å². The van der Waals surface area contributed by atoms with Crippen molar-refractivity contribution in [3.8, 4) is 0 Å². The summed E-state index contributed by atoms with van der Waals surface area (Å²) < 4.78 is 6.91. The molecule has 0 saturated heterocycles. The van der Waals surface area contributed by atoms with E-state index in [1.54, 1.807) is 17.8 Å². The molecule has 3 rings (SSSR count). The van der Waals surface area contributed by atoms with E-state index in [1.807, 2.05) is 45.2 Å². The fraction of sp³-hybridized carbons (Fsp3) is 0.421. The highest BCUT2D eigenvalue weighted by atomic mass is 16.5. The molecule has 0 aliphatic heterocycles. The number of rotatable bonds is 7. The molecule has 0 aromatic carbocycles. The van der Waals surface area contributed by atoms with Gasteiger partial charge in [0.2, 0.25) is 0 Å². The predicted molar refractivity (Wildman–Crippen MR) is 106 cm³/mol. The van der Waals surface area contributed by atoms with Crippen LogP contribution in [-0.2, 0) is 4.74 Å². The van der Waals surface area contributed by atoms with Crippen LogP contribution in [0.5, 0.6) is 0 Å². The molecule has 1 aliphatic rings. The van der Waals surface area contributed by atoms with Crippen molar-refractivity contribution in [2.45, 2.75) is 38.8 Å². The molecule has 1 saturated carbocycles. The minimum absolute atomic E-state index is 0.0316. The molecule has 3 N–H and O–H groups in total. The molecule has 1 amide bonds. The number of hydrogen-bond donors (Lipinski definition) is 3. The highest BCUT2D eigenvalue weighted by Crippen LogP contribution is 2.24. The predicted octanol–water partition coefficient (Wildman–Crippen LogP) is 2.57. The zero-order chi connectivity index (χ0) is 19.4. The van der Waals surface area contributed by atoms with Crippen molar-refractivity contribution in [2.24, 2.45) is 0 Å². The number of ether oxygens (including phenoxy) is 1. The van der Waals surface area contributed by atoms with E-state index in [0.29, 0.717) is 17.2 Å². The number of amides is 1. The maximum absolute atomic E-state index is 12.7. The lowest BCUT2D eigenvalue weighted by atomic mass is 9.89. The van der Waals surface area contributed by atoms with Crippen LogP contribution < -0.4 is 16.0 Å². The van der Waals surface area contributed by atoms with Crippen LogP contribution in [0.4, 0.5) is 11.5 Å². The summed E-state index contributed by atoms with van der Waals surface area (Å²) in [6.07, 6.45) is 9.35. The van der Waals surface area contributed by atoms with Crippen molar-refractivity contribution >= 4 is 23.1 Å². The number of carbonyl (C=O) groups is 1. The fourth-order valence-corrected chi connectivity index (χ4v) is 3.01. The lowest BCUT2D eigenvalue weighted by Gasteiger charge is -2.35. The molecule has 1 fully saturated rings. The second kappa shape index (κ2) is 8.22. The van der Waals surface area contributed by atoms with E-state index in [4.69, 9.17) is 4.74 Å². The minimum Gasteiger partial charge on any atom is -0.385 e. The Bertz CT molecular complexity index is 884. The molecule has 0 radical (unpaired) electrons. The summed E-state index contributed by atoms with van der Waals surface area (Å²) in [5.41, 5.74) is 2.71. The average Bonchev–Trinajstić information content (AvgIpc) is 3.07. The van der Waals surface area contributed by atoms with Gasteiger partial charge in [-0.05, 0) is 32.8 Å². The topological polar surface area (TPSA) is 92.6 Å². The quantitative estimate of drug-likeness (QED) is 0.649. The number of carbonyl (C=O) groups excluding carboxylic acids is 1. The normalized spacial score (nSPS) is 19.9. The Labute approximate surface area is 158 Å². The van der Waals surface area contributed by atoms with Crippen molar-refractivity contribution in [1.82, 2.24) is 19.9 Å². The summed E-state index contributed by atoms with van der Waals surface area (Å²) in [5, 5.41) is 13.9. The van der Waals surface area contributed by atoms with Crippen molar-refractivity contribution < 1.29 is 9.53 Å². The Kier molecular flexibility index (Phi) is 5.75. The van der Waals surface area contributed by atoms with Crippen LogP contribution in [0, 0.1) is 0 Å². The monoisotopic (exact) mass is 370 g/mol. The first-order valence-electron chi connectivity index (χ1n) is 9.04. The highest BCUT2D eigenvalue weighted by molar-refractivity contribution is 5.94. The number of imidazole rings is 1. The number of nitrogens with zero attached hydrogens (tertiary/aromatic N) is 3. The molecular weight excluding hydrogens is 344 g/mol. The Hall–Kier alpha value is -2.87. The van der Waals surface area contributed by atoms with Gasteiger partial charge in [0.1, 0.15) is 0 Å². The van der Waals surface area contributed by atoms with Gasteiger partial charge in [-0.25, -0.2) is 9.50 Å². The van der Waals surface area contributed by atoms with E-state index in [0.717, 1.165) is 24.2 Å². The van der Waals surface area contributed by atoms with E-state index < -0.39 is 0 Å². The first-order valence-corrected chi connectivity index (χ1v) is 9.04. The second-order valence-electron chi connectivity index (χ2n) is 6.50. The molecule has 27 heavy (non-hydrogen) atoms. The number of fused-ring (bicyclic) bond motifs is 1. The fourth-order valence-electron chi connectivity index (χ4n) is 3.01. The molecule has 8 nitrogen and oxygen atoms in total. The molecule has 2 aromatic heterocycles. The summed E-state index contributed by atoms with van der Waals surface area (Å²) in [4.78, 5) is 17.1. The Morgan fingerprint density at radius 3 is 2.85 bits per heavy atom. The number of hydrogen-bond acceptors (Lipinski definition) is 6. The zero-order valence-electron chi connectivity index (χ0n) is 16.1. The molecule has 0 unspecified atom stereocenters. The van der Waals surface area contributed by atoms with E-state index in [9.17, 15) is 4.79 Å². The van der Waals surface area contributed by atoms with Crippen LogP contribution in [-0.4, -0.2) is 46.8 Å². The van der Waals surface area contributed by atoms with Gasteiger partial charge < -0.3 is 20.7 Å². The van der Waals surface area contributed by atoms with E-state index in [-0.39, 0.29) is 18.1 Å². The third-order valence-electron chi connectivity index (χ3n) is 4.66. The van der Waals surface area contributed by atoms with Crippen LogP contribution in [0.25, 0.3) is 5.65 Å². The van der Waals surface area contributed by atoms with E-state index >= 15 is 0 Å². The molecule has 2 aromatic rings. The lowest BCUT2D eigenvalue weighted by Crippen LogP contribution is -2.51. The standard InChI is InChI=1S/C19H26N6O2/c1-5-6-7-12(2)22-17-10-14(20-3)18-21-11-15(25(18)24-17)19(26)23-13-8-9-16(13)27-4/h5-7,10-11,13,16,20H,8-9H2,1-4H3,(H,22,24)(H,23,26)/b6-5-,12-7+/t13-,16-/m1/s1. The van der Waals surface area contributed by atoms with Crippen LogP contribution >= 0.6 is 0 Å². The van der Waals surface area contributed by atoms with Crippen molar-refractivity contribution in [2.75, 3.05) is 24.8 Å². The minimum atomic E-state index is -0.206. The van der Waals surface area contributed by atoms with Crippen LogP contribution in [0.15, 0.2) is 36.2 Å². The van der Waals surface area contributed by atoms with E-state index in [1.165, 1.54) is 0 Å². The number of methoxy groups -OCH3 is 1. The number of allylic oxidation sites excluding steroid dienone is 4. The molecule has 8 heteroatoms. The highest BCUT2D eigenvalue weighted by Gasteiger charge is 2.33. The Morgan fingerprint density at radius 1 is 1.41 bits per heavy atom. The number of nitrogens with one attached hydrogen (secondary N) is 3. The first kappa shape index (κ1) is 18.9. The van der Waals surface area contributed by atoms with Gasteiger partial charge >= 0.3 is 0 Å². The summed E-state index contributed by atoms with van der Waals surface area (Å²) in [6, 6.07) is 1.90. The zero-order valence-corrected chi connectivity index (χ0v) is 16.1. The van der Waals surface area contributed by atoms with Crippen LogP contribution in [0.2, 0.25) is 0 Å². The SMILES string of the molecule is C/C=C\C=C(/C)Nc1cc(NC)c2ncc(C(=O)N[C@@H]3CC[C@H]3OC)n2n1. The van der Waals surface area contributed by atoms with Crippen LogP contribution in [0.3, 0.4) is 0 Å². The molecule has 1 aliphatic carbocycles. The smallest absolute Gasteiger partial charge is 0.271 e. The lowest BCUT2D eigenvalue weighted by molar-refractivity contribution is 0.00718. The number of anilines is 2. The van der Waals surface area contributed by atoms with Crippen LogP contribution in [0.1, 0.15) is 37.2 Å². The summed E-state index contributed by atoms with van der Waals surface area (Å²) >= 11 is 0. The van der Waals surface area contributed by atoms with Gasteiger partial charge in [0.15, 0.2) is 17.2 Å². The maximum Gasteiger partial charge on any atom is 0.271 e. The molecule has 2 heterocycles. The maximum atomic E-state index is 12.7. The van der Waals surface area contributed by atoms with Gasteiger partial charge in [-0.2, -0.15) is 0 Å². The molecule has 0 bridgehead atoms. The van der Waals surface area contributed by atoms with Gasteiger partial charge in [-0.3, -0.25) is 4.79 Å². The second-order valence-corrected chi connectivity index (χ2v) is 6.50. The molecular formula is C19H26N6O2. The summed E-state index contributed by atoms with van der Waals surface area (Å²) in [5.74, 6) is 0.415. The van der Waals surface area contributed by atoms with Gasteiger partial charge in [0, 0.05) is 25.9 Å². The Morgan fingerprint density at radius 2 is 2.22 bits per heavy atom. The third-order valence-corrected chi connectivity index (χ3v) is 4.66. The molecule has 0 spiro atoms. The molecule has 144 valence electrons. The van der Waals surface area contributed by atoms with Gasteiger partial charge in [-0.1, -0.05) is 12.2 Å². The van der Waals surface area contributed by atoms with Crippen molar-refractivity contribution in [3.63, 3.8) is 0 Å². The summed E-state index contributed by atoms with van der Waals surface area (Å²) in [7, 11) is 3.48. The average molecular weight is 370 g/mol. The van der Waals surface area contributed by atoms with Gasteiger partial charge in [0.25, 0.3) is 5.91 Å². The number of aromatic nitrogens is 3. The molecule has 2 atom stereocenters. The Balaban J connectivity index is 1.90. The van der Waals surface area contributed by atoms with E-state index in [2.05, 4.69) is 26.0 Å². The summed E-state index contributed by atoms with van der Waals surface area (Å²) in [6.45, 7) is 3.91. The van der Waals surface area contributed by atoms with Gasteiger partial charge in [0.05, 0.1) is 24.0 Å². The first-order chi connectivity index (χ1) is 13.1. The third kappa shape index (κ3) is 3.95. The largest absolute Gasteiger partial charge is 0.385 e. The van der Waals surface area contributed by atoms with Gasteiger partial charge in [-0.15, -0.1) is 5.10 Å². The van der Waals surface area contributed by atoms with Crippen molar-refractivity contribution in [1.29, 1.82) is 0 Å².